The van der Waals surface area contributed by atoms with Crippen LogP contribution >= 0.6 is 0 Å². The Bertz CT molecular complexity index is 238. The minimum absolute atomic E-state index is 0.230. The monoisotopic (exact) mass is 206 g/mol. The average Bonchev–Trinajstić information content (AvgIpc) is 2.04. The Morgan fingerprint density at radius 3 is 2.15 bits per heavy atom. The van der Waals surface area contributed by atoms with Gasteiger partial charge < -0.3 is 0 Å². The predicted molar refractivity (Wildman–Crippen MR) is 52.0 cm³/mol. The Balaban J connectivity index is 2.57. The number of hydrogen-bond acceptors (Lipinski definition) is 3. The van der Waals surface area contributed by atoms with Gasteiger partial charge in [0.25, 0.3) is 10.1 Å². The highest BCUT2D eigenvalue weighted by Gasteiger charge is 2.28. The van der Waals surface area contributed by atoms with Crippen molar-refractivity contribution in [2.24, 2.45) is 0 Å². The molecule has 0 amide bonds. The van der Waals surface area contributed by atoms with Gasteiger partial charge in [0.2, 0.25) is 0 Å². The second-order valence-corrected chi connectivity index (χ2v) is 5.74. The van der Waals surface area contributed by atoms with Gasteiger partial charge in [0, 0.05) is 0 Å². The van der Waals surface area contributed by atoms with Gasteiger partial charge in [0.15, 0.2) is 0 Å². The van der Waals surface area contributed by atoms with Gasteiger partial charge in [-0.2, -0.15) is 8.42 Å². The molecule has 78 valence electrons. The highest BCUT2D eigenvalue weighted by molar-refractivity contribution is 7.87. The van der Waals surface area contributed by atoms with Crippen molar-refractivity contribution in [3.05, 3.63) is 0 Å². The standard InChI is InChI=1S/C9H18O3S/c1-8(2)12-13(10,11)9-6-4-3-5-7-9/h8-9H,3-7H2,1-2H3. The molecule has 1 aliphatic rings. The summed E-state index contributed by atoms with van der Waals surface area (Å²) in [4.78, 5) is 0. The lowest BCUT2D eigenvalue weighted by Crippen LogP contribution is -2.27. The molecule has 0 aliphatic heterocycles. The Morgan fingerprint density at radius 2 is 1.69 bits per heavy atom. The van der Waals surface area contributed by atoms with Gasteiger partial charge in [-0.05, 0) is 26.7 Å². The van der Waals surface area contributed by atoms with E-state index in [0.29, 0.717) is 0 Å². The summed E-state index contributed by atoms with van der Waals surface area (Å²) in [7, 11) is -3.28. The molecule has 4 heteroatoms. The first-order chi connectivity index (χ1) is 6.02. The van der Waals surface area contributed by atoms with Crippen LogP contribution in [0.1, 0.15) is 46.0 Å². The summed E-state index contributed by atoms with van der Waals surface area (Å²) < 4.78 is 28.1. The smallest absolute Gasteiger partial charge is 0.267 e. The molecule has 0 spiro atoms. The molecule has 0 heterocycles. The molecule has 13 heavy (non-hydrogen) atoms. The van der Waals surface area contributed by atoms with Crippen molar-refractivity contribution in [1.29, 1.82) is 0 Å². The topological polar surface area (TPSA) is 43.4 Å². The minimum atomic E-state index is -3.28. The minimum Gasteiger partial charge on any atom is -0.267 e. The maximum Gasteiger partial charge on any atom is 0.270 e. The van der Waals surface area contributed by atoms with Gasteiger partial charge in [-0.15, -0.1) is 0 Å². The van der Waals surface area contributed by atoms with E-state index in [1.807, 2.05) is 0 Å². The van der Waals surface area contributed by atoms with Crippen LogP contribution in [0.25, 0.3) is 0 Å². The lowest BCUT2D eigenvalue weighted by molar-refractivity contribution is 0.240. The van der Waals surface area contributed by atoms with E-state index in [1.165, 1.54) is 0 Å². The summed E-state index contributed by atoms with van der Waals surface area (Å²) >= 11 is 0. The van der Waals surface area contributed by atoms with Crippen LogP contribution in [-0.4, -0.2) is 19.8 Å². The van der Waals surface area contributed by atoms with Crippen LogP contribution in [0.3, 0.4) is 0 Å². The van der Waals surface area contributed by atoms with Gasteiger partial charge >= 0.3 is 0 Å². The Hall–Kier alpha value is -0.0900. The van der Waals surface area contributed by atoms with Crippen LogP contribution in [0.5, 0.6) is 0 Å². The third kappa shape index (κ3) is 3.27. The highest BCUT2D eigenvalue weighted by Crippen LogP contribution is 2.25. The predicted octanol–water partition coefficient (Wildman–Crippen LogP) is 2.07. The number of rotatable bonds is 3. The van der Waals surface area contributed by atoms with Crippen molar-refractivity contribution < 1.29 is 12.6 Å². The molecule has 0 atom stereocenters. The lowest BCUT2D eigenvalue weighted by Gasteiger charge is -2.22. The van der Waals surface area contributed by atoms with E-state index in [4.69, 9.17) is 4.18 Å². The molecule has 1 aliphatic carbocycles. The molecular weight excluding hydrogens is 188 g/mol. The first kappa shape index (κ1) is 11.0. The zero-order valence-corrected chi connectivity index (χ0v) is 9.14. The Kier molecular flexibility index (Phi) is 3.74. The van der Waals surface area contributed by atoms with E-state index in [9.17, 15) is 8.42 Å². The maximum absolute atomic E-state index is 11.6. The van der Waals surface area contributed by atoms with Crippen molar-refractivity contribution in [1.82, 2.24) is 0 Å². The van der Waals surface area contributed by atoms with Gasteiger partial charge in [-0.1, -0.05) is 19.3 Å². The van der Waals surface area contributed by atoms with Gasteiger partial charge in [0.05, 0.1) is 11.4 Å². The van der Waals surface area contributed by atoms with Crippen molar-refractivity contribution in [2.45, 2.75) is 57.3 Å². The first-order valence-corrected chi connectivity index (χ1v) is 6.41. The lowest BCUT2D eigenvalue weighted by atomic mass is 10.0. The van der Waals surface area contributed by atoms with Crippen molar-refractivity contribution in [3.8, 4) is 0 Å². The van der Waals surface area contributed by atoms with Crippen molar-refractivity contribution in [3.63, 3.8) is 0 Å². The molecule has 1 saturated carbocycles. The summed E-state index contributed by atoms with van der Waals surface area (Å²) in [6, 6.07) is 0. The molecule has 0 radical (unpaired) electrons. The molecule has 0 aromatic heterocycles. The van der Waals surface area contributed by atoms with E-state index in [0.717, 1.165) is 32.1 Å². The number of hydrogen-bond donors (Lipinski definition) is 0. The zero-order valence-electron chi connectivity index (χ0n) is 8.32. The maximum atomic E-state index is 11.6. The van der Waals surface area contributed by atoms with Crippen molar-refractivity contribution in [2.75, 3.05) is 0 Å². The SMILES string of the molecule is CC(C)OS(=O)(=O)C1CCCCC1. The molecular formula is C9H18O3S. The van der Waals surface area contributed by atoms with Gasteiger partial charge in [-0.3, -0.25) is 4.18 Å². The summed E-state index contributed by atoms with van der Waals surface area (Å²) in [6.07, 6.45) is 4.51. The van der Waals surface area contributed by atoms with Crippen LogP contribution in [0, 0.1) is 0 Å². The quantitative estimate of drug-likeness (QED) is 0.664. The highest BCUT2D eigenvalue weighted by atomic mass is 32.2. The molecule has 0 aromatic rings. The van der Waals surface area contributed by atoms with Gasteiger partial charge in [-0.25, -0.2) is 0 Å². The van der Waals surface area contributed by atoms with E-state index >= 15 is 0 Å². The largest absolute Gasteiger partial charge is 0.270 e. The van der Waals surface area contributed by atoms with Gasteiger partial charge in [0.1, 0.15) is 0 Å². The van der Waals surface area contributed by atoms with E-state index in [2.05, 4.69) is 0 Å². The summed E-state index contributed by atoms with van der Waals surface area (Å²) in [6.45, 7) is 3.50. The molecule has 1 fully saturated rings. The third-order valence-corrected chi connectivity index (χ3v) is 4.23. The Morgan fingerprint density at radius 1 is 1.15 bits per heavy atom. The van der Waals surface area contributed by atoms with Crippen molar-refractivity contribution >= 4 is 10.1 Å². The normalized spacial score (nSPS) is 20.8. The van der Waals surface area contributed by atoms with Crippen LogP contribution in [0.15, 0.2) is 0 Å². The third-order valence-electron chi connectivity index (χ3n) is 2.29. The fourth-order valence-corrected chi connectivity index (χ4v) is 3.30. The van der Waals surface area contributed by atoms with E-state index in [-0.39, 0.29) is 11.4 Å². The second kappa shape index (κ2) is 4.42. The molecule has 1 rings (SSSR count). The molecule has 0 unspecified atom stereocenters. The molecule has 0 N–H and O–H groups in total. The summed E-state index contributed by atoms with van der Waals surface area (Å²) in [5.41, 5.74) is 0. The molecule has 0 aromatic carbocycles. The Labute approximate surface area is 80.6 Å². The second-order valence-electron chi connectivity index (χ2n) is 3.90. The van der Waals surface area contributed by atoms with E-state index < -0.39 is 10.1 Å². The van der Waals surface area contributed by atoms with E-state index in [1.54, 1.807) is 13.8 Å². The zero-order chi connectivity index (χ0) is 9.90. The first-order valence-electron chi connectivity index (χ1n) is 4.94. The summed E-state index contributed by atoms with van der Waals surface area (Å²) in [5, 5.41) is -0.247. The molecule has 3 nitrogen and oxygen atoms in total. The fourth-order valence-electron chi connectivity index (χ4n) is 1.70. The fraction of sp³-hybridized carbons (Fsp3) is 1.00. The molecule has 0 bridgehead atoms. The van der Waals surface area contributed by atoms with Crippen LogP contribution in [-0.2, 0) is 14.3 Å². The van der Waals surface area contributed by atoms with Crippen LogP contribution in [0.2, 0.25) is 0 Å². The van der Waals surface area contributed by atoms with Crippen LogP contribution in [0.4, 0.5) is 0 Å². The van der Waals surface area contributed by atoms with Crippen LogP contribution < -0.4 is 0 Å². The molecule has 0 saturated heterocycles. The average molecular weight is 206 g/mol. The summed E-state index contributed by atoms with van der Waals surface area (Å²) in [5.74, 6) is 0.